The lowest BCUT2D eigenvalue weighted by atomic mass is 10.2. The first-order valence-electron chi connectivity index (χ1n) is 9.65. The Morgan fingerprint density at radius 3 is 2.26 bits per heavy atom. The minimum atomic E-state index is -3.28. The van der Waals surface area contributed by atoms with Gasteiger partial charge in [0.1, 0.15) is 23.4 Å². The molecule has 3 aromatic rings. The molecule has 0 aliphatic heterocycles. The average molecular weight is 438 g/mol. The van der Waals surface area contributed by atoms with Crippen molar-refractivity contribution in [2.24, 2.45) is 0 Å². The summed E-state index contributed by atoms with van der Waals surface area (Å²) < 4.78 is 40.6. The summed E-state index contributed by atoms with van der Waals surface area (Å²) >= 11 is 0. The third kappa shape index (κ3) is 6.85. The fourth-order valence-corrected chi connectivity index (χ4v) is 3.47. The van der Waals surface area contributed by atoms with Gasteiger partial charge in [-0.1, -0.05) is 30.3 Å². The fraction of sp³-hybridized carbons (Fsp3) is 0.208. The molecule has 0 radical (unpaired) electrons. The Morgan fingerprint density at radius 1 is 0.935 bits per heavy atom. The second-order valence-corrected chi connectivity index (χ2v) is 9.10. The molecule has 0 spiro atoms. The van der Waals surface area contributed by atoms with Gasteiger partial charge < -0.3 is 14.2 Å². The molecule has 160 valence electrons. The minimum Gasteiger partial charge on any atom is -0.488 e. The van der Waals surface area contributed by atoms with Crippen LogP contribution in [0.1, 0.15) is 18.1 Å². The van der Waals surface area contributed by atoms with Crippen LogP contribution in [0.25, 0.3) is 0 Å². The van der Waals surface area contributed by atoms with Gasteiger partial charge in [0, 0.05) is 12.3 Å². The first-order valence-corrected chi connectivity index (χ1v) is 11.5. The number of hydrogen-bond donors (Lipinski definition) is 0. The smallest absolute Gasteiger partial charge is 0.175 e. The lowest BCUT2D eigenvalue weighted by Gasteiger charge is -2.16. The number of ether oxygens (including phenoxy) is 3. The first kappa shape index (κ1) is 22.3. The van der Waals surface area contributed by atoms with Crippen LogP contribution < -0.4 is 9.47 Å². The van der Waals surface area contributed by atoms with Crippen LogP contribution in [0, 0.1) is 11.3 Å². The standard InChI is InChI=1S/C24H23NO5S/c1-18(16-28-17-19-6-4-3-5-7-19)29-22-12-20(15-25)13-23(14-22)30-21-8-10-24(11-9-21)31(2,26)27/h3-14,18H,16-17H2,1-2H3/t18-/m0/s1. The first-order chi connectivity index (χ1) is 14.8. The van der Waals surface area contributed by atoms with Crippen LogP contribution in [0.3, 0.4) is 0 Å². The molecule has 0 saturated carbocycles. The highest BCUT2D eigenvalue weighted by Crippen LogP contribution is 2.28. The molecule has 3 aromatic carbocycles. The minimum absolute atomic E-state index is 0.207. The van der Waals surface area contributed by atoms with Gasteiger partial charge >= 0.3 is 0 Å². The zero-order chi connectivity index (χ0) is 22.3. The molecule has 0 amide bonds. The van der Waals surface area contributed by atoms with E-state index in [0.717, 1.165) is 11.8 Å². The Hall–Kier alpha value is -3.34. The molecule has 0 fully saturated rings. The van der Waals surface area contributed by atoms with Crippen molar-refractivity contribution in [1.29, 1.82) is 5.26 Å². The van der Waals surface area contributed by atoms with E-state index in [2.05, 4.69) is 6.07 Å². The topological polar surface area (TPSA) is 85.6 Å². The molecule has 31 heavy (non-hydrogen) atoms. The molecule has 0 bridgehead atoms. The molecule has 7 heteroatoms. The van der Waals surface area contributed by atoms with Crippen LogP contribution in [-0.4, -0.2) is 27.4 Å². The van der Waals surface area contributed by atoms with Gasteiger partial charge in [0.05, 0.1) is 29.7 Å². The van der Waals surface area contributed by atoms with E-state index in [0.29, 0.717) is 36.0 Å². The van der Waals surface area contributed by atoms with Crippen molar-refractivity contribution in [1.82, 2.24) is 0 Å². The average Bonchev–Trinajstić information content (AvgIpc) is 2.74. The number of nitriles is 1. The van der Waals surface area contributed by atoms with E-state index in [1.54, 1.807) is 30.3 Å². The summed E-state index contributed by atoms with van der Waals surface area (Å²) in [5, 5.41) is 9.33. The van der Waals surface area contributed by atoms with Crippen LogP contribution in [0.5, 0.6) is 17.2 Å². The molecule has 0 aliphatic carbocycles. The summed E-state index contributed by atoms with van der Waals surface area (Å²) in [5.74, 6) is 1.35. The Kier molecular flexibility index (Phi) is 7.29. The zero-order valence-electron chi connectivity index (χ0n) is 17.3. The van der Waals surface area contributed by atoms with Gasteiger partial charge in [-0.25, -0.2) is 8.42 Å². The van der Waals surface area contributed by atoms with E-state index < -0.39 is 9.84 Å². The number of hydrogen-bond acceptors (Lipinski definition) is 6. The Balaban J connectivity index is 1.64. The molecule has 0 aromatic heterocycles. The van der Waals surface area contributed by atoms with Crippen molar-refractivity contribution >= 4 is 9.84 Å². The lowest BCUT2D eigenvalue weighted by molar-refractivity contribution is 0.0492. The second-order valence-electron chi connectivity index (χ2n) is 7.08. The summed E-state index contributed by atoms with van der Waals surface area (Å²) in [6.07, 6.45) is 0.910. The van der Waals surface area contributed by atoms with Gasteiger partial charge in [0.2, 0.25) is 0 Å². The Morgan fingerprint density at radius 2 is 1.61 bits per heavy atom. The largest absolute Gasteiger partial charge is 0.488 e. The van der Waals surface area contributed by atoms with Crippen LogP contribution in [0.2, 0.25) is 0 Å². The maximum absolute atomic E-state index is 11.6. The quantitative estimate of drug-likeness (QED) is 0.481. The third-order valence-electron chi connectivity index (χ3n) is 4.30. The number of rotatable bonds is 9. The van der Waals surface area contributed by atoms with E-state index in [4.69, 9.17) is 14.2 Å². The molecule has 0 unspecified atom stereocenters. The maximum Gasteiger partial charge on any atom is 0.175 e. The predicted molar refractivity (Wildman–Crippen MR) is 117 cm³/mol. The molecule has 1 atom stereocenters. The summed E-state index contributed by atoms with van der Waals surface area (Å²) in [7, 11) is -3.28. The van der Waals surface area contributed by atoms with Crippen molar-refractivity contribution in [2.45, 2.75) is 24.5 Å². The van der Waals surface area contributed by atoms with E-state index in [-0.39, 0.29) is 11.0 Å². The molecule has 3 rings (SSSR count). The van der Waals surface area contributed by atoms with Crippen molar-refractivity contribution in [3.8, 4) is 23.3 Å². The van der Waals surface area contributed by atoms with Gasteiger partial charge in [-0.05, 0) is 48.9 Å². The van der Waals surface area contributed by atoms with Gasteiger partial charge in [0.25, 0.3) is 0 Å². The van der Waals surface area contributed by atoms with Gasteiger partial charge in [-0.15, -0.1) is 0 Å². The van der Waals surface area contributed by atoms with E-state index in [1.807, 2.05) is 37.3 Å². The second kappa shape index (κ2) is 10.1. The van der Waals surface area contributed by atoms with Gasteiger partial charge in [-0.2, -0.15) is 5.26 Å². The third-order valence-corrected chi connectivity index (χ3v) is 5.43. The summed E-state index contributed by atoms with van der Waals surface area (Å²) in [5.41, 5.74) is 1.47. The molecular formula is C24H23NO5S. The molecule has 0 aliphatic rings. The summed E-state index contributed by atoms with van der Waals surface area (Å²) in [6.45, 7) is 2.76. The van der Waals surface area contributed by atoms with E-state index in [1.165, 1.54) is 12.1 Å². The normalized spacial score (nSPS) is 12.0. The van der Waals surface area contributed by atoms with Crippen LogP contribution in [-0.2, 0) is 21.2 Å². The predicted octanol–water partition coefficient (Wildman–Crippen LogP) is 4.74. The van der Waals surface area contributed by atoms with Crippen LogP contribution in [0.15, 0.2) is 77.7 Å². The Bertz CT molecular complexity index is 1150. The van der Waals surface area contributed by atoms with Crippen molar-refractivity contribution in [3.05, 3.63) is 83.9 Å². The Labute approximate surface area is 182 Å². The summed E-state index contributed by atoms with van der Waals surface area (Å²) in [4.78, 5) is 0.207. The fourth-order valence-electron chi connectivity index (χ4n) is 2.84. The zero-order valence-corrected chi connectivity index (χ0v) is 18.1. The molecule has 0 saturated heterocycles. The lowest BCUT2D eigenvalue weighted by Crippen LogP contribution is -2.19. The van der Waals surface area contributed by atoms with Crippen molar-refractivity contribution in [3.63, 3.8) is 0 Å². The number of nitrogens with zero attached hydrogens (tertiary/aromatic N) is 1. The highest BCUT2D eigenvalue weighted by Gasteiger charge is 2.10. The monoisotopic (exact) mass is 437 g/mol. The van der Waals surface area contributed by atoms with Gasteiger partial charge in [-0.3, -0.25) is 0 Å². The van der Waals surface area contributed by atoms with E-state index >= 15 is 0 Å². The molecule has 6 nitrogen and oxygen atoms in total. The summed E-state index contributed by atoms with van der Waals surface area (Å²) in [6, 6.07) is 22.9. The van der Waals surface area contributed by atoms with E-state index in [9.17, 15) is 13.7 Å². The highest BCUT2D eigenvalue weighted by atomic mass is 32.2. The van der Waals surface area contributed by atoms with Crippen LogP contribution >= 0.6 is 0 Å². The molecule has 0 heterocycles. The number of sulfone groups is 1. The van der Waals surface area contributed by atoms with Crippen LogP contribution in [0.4, 0.5) is 0 Å². The van der Waals surface area contributed by atoms with Gasteiger partial charge in [0.15, 0.2) is 9.84 Å². The van der Waals surface area contributed by atoms with Crippen molar-refractivity contribution in [2.75, 3.05) is 12.9 Å². The molecule has 0 N–H and O–H groups in total. The number of benzene rings is 3. The highest BCUT2D eigenvalue weighted by molar-refractivity contribution is 7.90. The maximum atomic E-state index is 11.6. The molecular weight excluding hydrogens is 414 g/mol. The SMILES string of the molecule is C[C@@H](COCc1ccccc1)Oc1cc(C#N)cc(Oc2ccc(S(C)(=O)=O)cc2)c1. The van der Waals surface area contributed by atoms with Crippen molar-refractivity contribution < 1.29 is 22.6 Å².